The molecule has 1 amide bonds. The van der Waals surface area contributed by atoms with Crippen molar-refractivity contribution in [3.63, 3.8) is 0 Å². The summed E-state index contributed by atoms with van der Waals surface area (Å²) in [4.78, 5) is 21.4. The average molecular weight is 676 g/mol. The molecule has 0 saturated carbocycles. The van der Waals surface area contributed by atoms with Crippen LogP contribution in [0.3, 0.4) is 0 Å². The smallest absolute Gasteiger partial charge is 0.387 e. The molecule has 1 aliphatic heterocycles. The van der Waals surface area contributed by atoms with Crippen LogP contribution >= 0.6 is 0 Å². The second-order valence-corrected chi connectivity index (χ2v) is 11.3. The molecule has 19 heteroatoms. The zero-order chi connectivity index (χ0) is 33.9. The fourth-order valence-corrected chi connectivity index (χ4v) is 5.36. The van der Waals surface area contributed by atoms with Crippen molar-refractivity contribution in [1.29, 1.82) is 0 Å². The van der Waals surface area contributed by atoms with E-state index in [1.807, 2.05) is 19.0 Å². The number of rotatable bonds is 14. The number of likely N-dealkylation sites (tertiary alicyclic amines) is 1. The minimum Gasteiger partial charge on any atom is -0.435 e. The minimum atomic E-state index is -3.25. The lowest BCUT2D eigenvalue weighted by molar-refractivity contribution is -0.0526. The van der Waals surface area contributed by atoms with Crippen molar-refractivity contribution in [3.8, 4) is 22.8 Å². The van der Waals surface area contributed by atoms with Crippen LogP contribution in [-0.2, 0) is 6.54 Å². The summed E-state index contributed by atoms with van der Waals surface area (Å²) in [5.74, 6) is -1.40. The number of hydrogen-bond donors (Lipinski definition) is 1. The second kappa shape index (κ2) is 13.9. The molecule has 5 heterocycles. The first-order valence-corrected chi connectivity index (χ1v) is 14.7. The largest absolute Gasteiger partial charge is 0.435 e. The Balaban J connectivity index is 1.27. The molecule has 1 N–H and O–H groups in total. The lowest BCUT2D eigenvalue weighted by atomic mass is 10.1. The van der Waals surface area contributed by atoms with Crippen LogP contribution in [0.25, 0.3) is 16.9 Å². The van der Waals surface area contributed by atoms with E-state index in [0.29, 0.717) is 31.9 Å². The van der Waals surface area contributed by atoms with E-state index in [-0.39, 0.29) is 46.5 Å². The van der Waals surface area contributed by atoms with Gasteiger partial charge in [-0.3, -0.25) is 14.4 Å². The number of nitrogens with one attached hydrogen (secondary N) is 1. The van der Waals surface area contributed by atoms with Crippen LogP contribution in [0, 0.1) is 0 Å². The molecule has 6 rings (SSSR count). The van der Waals surface area contributed by atoms with E-state index in [2.05, 4.69) is 40.3 Å². The molecule has 1 unspecified atom stereocenters. The highest BCUT2D eigenvalue weighted by molar-refractivity contribution is 6.09. The Hall–Kier alpha value is -5.17. The molecule has 5 aromatic rings. The Morgan fingerprint density at radius 1 is 1.10 bits per heavy atom. The van der Waals surface area contributed by atoms with E-state index < -0.39 is 31.1 Å². The van der Waals surface area contributed by atoms with Gasteiger partial charge in [-0.25, -0.2) is 18.6 Å². The van der Waals surface area contributed by atoms with Gasteiger partial charge in [-0.1, -0.05) is 5.21 Å². The number of carbonyl (C=O) groups excluding carboxylic acids is 1. The van der Waals surface area contributed by atoms with Crippen LogP contribution in [0.4, 0.5) is 27.6 Å². The van der Waals surface area contributed by atoms with Crippen LogP contribution < -0.4 is 14.8 Å². The quantitative estimate of drug-likeness (QED) is 0.175. The number of amides is 1. The number of fused-ring (bicyclic) bond motifs is 1. The summed E-state index contributed by atoms with van der Waals surface area (Å²) in [6.07, 6.45) is 6.55. The monoisotopic (exact) mass is 675 g/mol. The highest BCUT2D eigenvalue weighted by atomic mass is 19.3. The van der Waals surface area contributed by atoms with E-state index in [4.69, 9.17) is 0 Å². The number of hydrogen-bond acceptors (Lipinski definition) is 10. The molecule has 14 nitrogen and oxygen atoms in total. The Morgan fingerprint density at radius 2 is 1.90 bits per heavy atom. The van der Waals surface area contributed by atoms with Crippen molar-refractivity contribution < 1.29 is 36.2 Å². The zero-order valence-corrected chi connectivity index (χ0v) is 25.6. The molecular weight excluding hydrogens is 645 g/mol. The van der Waals surface area contributed by atoms with Gasteiger partial charge in [0.1, 0.15) is 34.6 Å². The highest BCUT2D eigenvalue weighted by Crippen LogP contribution is 2.38. The summed E-state index contributed by atoms with van der Waals surface area (Å²) in [5, 5.41) is 19.7. The van der Waals surface area contributed by atoms with E-state index >= 15 is 0 Å². The zero-order valence-electron chi connectivity index (χ0n) is 25.6. The van der Waals surface area contributed by atoms with Gasteiger partial charge in [-0.2, -0.15) is 27.8 Å². The van der Waals surface area contributed by atoms with Crippen molar-refractivity contribution in [3.05, 3.63) is 66.5 Å². The van der Waals surface area contributed by atoms with Gasteiger partial charge in [0.15, 0.2) is 5.65 Å². The molecule has 1 aliphatic rings. The number of halogens is 5. The number of benzene rings is 1. The first-order chi connectivity index (χ1) is 23.0. The number of alkyl halides is 5. The van der Waals surface area contributed by atoms with E-state index in [0.717, 1.165) is 18.2 Å². The summed E-state index contributed by atoms with van der Waals surface area (Å²) >= 11 is 0. The molecule has 0 spiro atoms. The van der Waals surface area contributed by atoms with Crippen LogP contribution in [0.5, 0.6) is 11.5 Å². The number of ether oxygens (including phenoxy) is 2. The molecule has 4 aromatic heterocycles. The molecule has 1 saturated heterocycles. The van der Waals surface area contributed by atoms with Gasteiger partial charge in [0, 0.05) is 44.8 Å². The second-order valence-electron chi connectivity index (χ2n) is 11.3. The first kappa shape index (κ1) is 32.8. The average Bonchev–Trinajstić information content (AvgIpc) is 3.73. The third-order valence-corrected chi connectivity index (χ3v) is 7.39. The topological polar surface area (TPSA) is 133 Å². The van der Waals surface area contributed by atoms with Gasteiger partial charge in [0.05, 0.1) is 36.2 Å². The maximum absolute atomic E-state index is 14.2. The maximum Gasteiger partial charge on any atom is 0.387 e. The van der Waals surface area contributed by atoms with Gasteiger partial charge in [-0.15, -0.1) is 5.10 Å². The Morgan fingerprint density at radius 3 is 2.65 bits per heavy atom. The van der Waals surface area contributed by atoms with Crippen LogP contribution in [0.1, 0.15) is 22.1 Å². The van der Waals surface area contributed by atoms with Crippen LogP contribution in [0.15, 0.2) is 55.2 Å². The number of aromatic nitrogens is 8. The summed E-state index contributed by atoms with van der Waals surface area (Å²) < 4.78 is 80.7. The summed E-state index contributed by atoms with van der Waals surface area (Å²) in [7, 11) is 3.63. The van der Waals surface area contributed by atoms with E-state index in [1.54, 1.807) is 28.0 Å². The number of nitrogens with zero attached hydrogens (tertiary/aromatic N) is 10. The summed E-state index contributed by atoms with van der Waals surface area (Å²) in [5.41, 5.74) is 0.629. The van der Waals surface area contributed by atoms with Gasteiger partial charge in [0.2, 0.25) is 0 Å². The predicted molar refractivity (Wildman–Crippen MR) is 160 cm³/mol. The lowest BCUT2D eigenvalue weighted by Gasteiger charge is -2.39. The highest BCUT2D eigenvalue weighted by Gasteiger charge is 2.31. The van der Waals surface area contributed by atoms with Gasteiger partial charge >= 0.3 is 13.2 Å². The number of carbonyl (C=O) groups is 1. The molecule has 1 aromatic carbocycles. The molecule has 1 atom stereocenters. The first-order valence-electron chi connectivity index (χ1n) is 14.7. The van der Waals surface area contributed by atoms with Gasteiger partial charge in [0.25, 0.3) is 5.91 Å². The Bertz CT molecular complexity index is 1870. The molecule has 1 fully saturated rings. The van der Waals surface area contributed by atoms with Crippen molar-refractivity contribution in [1.82, 2.24) is 49.2 Å². The molecule has 48 heavy (non-hydrogen) atoms. The standard InChI is InChI=1S/C29H30F5N11O3/c1-41(2)10-17(30)11-42-14-19(15-42)45-13-18(38-40-45)12-43-16-23(37-27(46)22-9-36-44-7-3-6-35-26(22)44)25(39-43)21-8-20(47-28(31)32)4-5-24(21)48-29(33)34/h3-9,13,16-17,19,28-29H,10-12,14-15H2,1-2H3,(H,37,46). The minimum absolute atomic E-state index is 0.00748. The predicted octanol–water partition coefficient (Wildman–Crippen LogP) is 3.44. The fraction of sp³-hybridized carbons (Fsp3) is 0.379. The summed E-state index contributed by atoms with van der Waals surface area (Å²) in [6, 6.07) is 4.77. The Kier molecular flexibility index (Phi) is 9.49. The Labute approximate surface area is 269 Å². The van der Waals surface area contributed by atoms with E-state index in [1.165, 1.54) is 27.8 Å². The van der Waals surface area contributed by atoms with Crippen molar-refractivity contribution in [2.45, 2.75) is 32.0 Å². The molecule has 0 aliphatic carbocycles. The molecular formula is C29H30F5N11O3. The van der Waals surface area contributed by atoms with E-state index in [9.17, 15) is 26.7 Å². The fourth-order valence-electron chi connectivity index (χ4n) is 5.36. The third-order valence-electron chi connectivity index (χ3n) is 7.39. The van der Waals surface area contributed by atoms with Crippen molar-refractivity contribution in [2.75, 3.05) is 45.6 Å². The van der Waals surface area contributed by atoms with Crippen molar-refractivity contribution in [2.24, 2.45) is 0 Å². The summed E-state index contributed by atoms with van der Waals surface area (Å²) in [6.45, 7) is -4.57. The molecule has 0 radical (unpaired) electrons. The maximum atomic E-state index is 14.2. The lowest BCUT2D eigenvalue weighted by Crippen LogP contribution is -2.51. The van der Waals surface area contributed by atoms with Crippen LogP contribution in [-0.4, -0.2) is 115 Å². The SMILES string of the molecule is CN(C)CC(F)CN1CC(n2cc(Cn3cc(NC(=O)c4cnn5cccnc45)c(-c4cc(OC(F)F)ccc4OC(F)F)n3)nn2)C1. The van der Waals surface area contributed by atoms with Crippen LogP contribution in [0.2, 0.25) is 0 Å². The molecule has 254 valence electrons. The van der Waals surface area contributed by atoms with Gasteiger partial charge in [-0.05, 0) is 38.4 Å². The third kappa shape index (κ3) is 7.52. The molecule has 0 bridgehead atoms. The number of anilines is 1. The van der Waals surface area contributed by atoms with Gasteiger partial charge < -0.3 is 19.7 Å². The van der Waals surface area contributed by atoms with Crippen molar-refractivity contribution >= 4 is 17.2 Å². The normalized spacial score (nSPS) is 14.6.